The number of carbonyl (C=O) groups is 2. The summed E-state index contributed by atoms with van der Waals surface area (Å²) in [5.74, 6) is -5.84. The van der Waals surface area contributed by atoms with Crippen molar-refractivity contribution >= 4 is 12.0 Å². The normalized spacial score (nSPS) is 23.4. The number of alkyl halides is 4. The maximum absolute atomic E-state index is 12.6. The van der Waals surface area contributed by atoms with Gasteiger partial charge in [-0.1, -0.05) is 6.42 Å². The molecule has 0 saturated heterocycles. The van der Waals surface area contributed by atoms with Crippen LogP contribution in [0.3, 0.4) is 0 Å². The predicted molar refractivity (Wildman–Crippen MR) is 60.9 cm³/mol. The molecule has 0 aromatic rings. The number of aliphatic carboxylic acids is 1. The number of hydrogen-bond donors (Lipinski definition) is 3. The Kier molecular flexibility index (Phi) is 5.58. The molecule has 1 aliphatic carbocycles. The molecule has 0 aromatic heterocycles. The third-order valence-corrected chi connectivity index (χ3v) is 3.16. The smallest absolute Gasteiger partial charge is 0.324 e. The summed E-state index contributed by atoms with van der Waals surface area (Å²) >= 11 is 0. The predicted octanol–water partition coefficient (Wildman–Crippen LogP) is 1.83. The Morgan fingerprint density at radius 2 is 1.95 bits per heavy atom. The second-order valence-electron chi connectivity index (χ2n) is 4.79. The zero-order valence-electron chi connectivity index (χ0n) is 10.5. The second kappa shape index (κ2) is 6.76. The maximum atomic E-state index is 12.6. The maximum Gasteiger partial charge on any atom is 0.324 e. The van der Waals surface area contributed by atoms with Crippen molar-refractivity contribution in [2.75, 3.05) is 6.54 Å². The second-order valence-corrected chi connectivity index (χ2v) is 4.79. The van der Waals surface area contributed by atoms with E-state index in [0.29, 0.717) is 19.3 Å². The Morgan fingerprint density at radius 1 is 1.30 bits per heavy atom. The van der Waals surface area contributed by atoms with Gasteiger partial charge in [-0.3, -0.25) is 4.79 Å². The first-order valence-electron chi connectivity index (χ1n) is 6.15. The third-order valence-electron chi connectivity index (χ3n) is 3.16. The lowest BCUT2D eigenvalue weighted by Gasteiger charge is -2.27. The average molecular weight is 300 g/mol. The molecule has 1 aliphatic rings. The van der Waals surface area contributed by atoms with Gasteiger partial charge in [-0.15, -0.1) is 0 Å². The van der Waals surface area contributed by atoms with Gasteiger partial charge in [-0.25, -0.2) is 13.6 Å². The highest BCUT2D eigenvalue weighted by Gasteiger charge is 2.41. The van der Waals surface area contributed by atoms with Crippen molar-refractivity contribution in [3.05, 3.63) is 0 Å². The highest BCUT2D eigenvalue weighted by atomic mass is 19.3. The van der Waals surface area contributed by atoms with Gasteiger partial charge in [-0.05, 0) is 19.3 Å². The molecule has 0 aromatic carbocycles. The number of carboxylic acid groups (broad SMARTS) is 1. The van der Waals surface area contributed by atoms with Crippen molar-refractivity contribution in [3.63, 3.8) is 0 Å². The van der Waals surface area contributed by atoms with Crippen LogP contribution >= 0.6 is 0 Å². The summed E-state index contributed by atoms with van der Waals surface area (Å²) in [5, 5.41) is 12.8. The van der Waals surface area contributed by atoms with Gasteiger partial charge >= 0.3 is 24.3 Å². The number of rotatable bonds is 5. The molecular weight excluding hydrogens is 284 g/mol. The van der Waals surface area contributed by atoms with E-state index in [-0.39, 0.29) is 6.42 Å². The van der Waals surface area contributed by atoms with Crippen molar-refractivity contribution < 1.29 is 32.3 Å². The van der Waals surface area contributed by atoms with E-state index in [2.05, 4.69) is 5.32 Å². The molecule has 20 heavy (non-hydrogen) atoms. The first kappa shape index (κ1) is 16.5. The van der Waals surface area contributed by atoms with Crippen LogP contribution in [0.1, 0.15) is 25.7 Å². The van der Waals surface area contributed by atoms with Gasteiger partial charge in [-0.2, -0.15) is 8.78 Å². The molecule has 1 fully saturated rings. The molecule has 9 heteroatoms. The number of nitrogens with one attached hydrogen (secondary N) is 2. The first-order valence-corrected chi connectivity index (χ1v) is 6.15. The van der Waals surface area contributed by atoms with Crippen LogP contribution in [-0.2, 0) is 4.79 Å². The molecule has 0 spiro atoms. The van der Waals surface area contributed by atoms with Crippen molar-refractivity contribution in [2.45, 2.75) is 44.1 Å². The Morgan fingerprint density at radius 3 is 2.50 bits per heavy atom. The molecule has 116 valence electrons. The van der Waals surface area contributed by atoms with E-state index in [1.165, 1.54) is 0 Å². The molecule has 0 bridgehead atoms. The lowest BCUT2D eigenvalue weighted by atomic mass is 9.86. The molecule has 0 radical (unpaired) electrons. The first-order chi connectivity index (χ1) is 9.22. The molecule has 0 aliphatic heterocycles. The topological polar surface area (TPSA) is 78.4 Å². The standard InChI is InChI=1S/C11H16F4N2O3/c12-9(13)11(14,15)5-16-10(20)17-7-3-1-2-6(4-7)8(18)19/h6-7,9H,1-5H2,(H,18,19)(H2,16,17,20). The van der Waals surface area contributed by atoms with E-state index in [4.69, 9.17) is 5.11 Å². The highest BCUT2D eigenvalue weighted by molar-refractivity contribution is 5.74. The third kappa shape index (κ3) is 4.86. The summed E-state index contributed by atoms with van der Waals surface area (Å²) in [5.41, 5.74) is 0. The number of amides is 2. The van der Waals surface area contributed by atoms with E-state index in [9.17, 15) is 27.2 Å². The molecule has 2 atom stereocenters. The summed E-state index contributed by atoms with van der Waals surface area (Å²) in [6.45, 7) is -1.47. The SMILES string of the molecule is O=C(NCC(F)(F)C(F)F)NC1CCCC(C(=O)O)C1. The van der Waals surface area contributed by atoms with Crippen LogP contribution in [-0.4, -0.2) is 42.0 Å². The van der Waals surface area contributed by atoms with Crippen molar-refractivity contribution in [1.29, 1.82) is 0 Å². The quantitative estimate of drug-likeness (QED) is 0.678. The van der Waals surface area contributed by atoms with Gasteiger partial charge in [0, 0.05) is 6.04 Å². The van der Waals surface area contributed by atoms with E-state index < -0.39 is 42.9 Å². The molecule has 3 N–H and O–H groups in total. The number of halogens is 4. The fourth-order valence-electron chi connectivity index (χ4n) is 2.06. The van der Waals surface area contributed by atoms with Crippen LogP contribution in [0.5, 0.6) is 0 Å². The van der Waals surface area contributed by atoms with Gasteiger partial charge in [0.05, 0.1) is 12.5 Å². The summed E-state index contributed by atoms with van der Waals surface area (Å²) < 4.78 is 48.9. The van der Waals surface area contributed by atoms with E-state index in [0.717, 1.165) is 0 Å². The van der Waals surface area contributed by atoms with E-state index in [1.54, 1.807) is 5.32 Å². The highest BCUT2D eigenvalue weighted by Crippen LogP contribution is 2.24. The molecule has 2 amide bonds. The van der Waals surface area contributed by atoms with Gasteiger partial charge in [0.15, 0.2) is 0 Å². The van der Waals surface area contributed by atoms with Crippen molar-refractivity contribution in [2.24, 2.45) is 5.92 Å². The fraction of sp³-hybridized carbons (Fsp3) is 0.818. The summed E-state index contributed by atoms with van der Waals surface area (Å²) in [6, 6.07) is -1.45. The fourth-order valence-corrected chi connectivity index (χ4v) is 2.06. The monoisotopic (exact) mass is 300 g/mol. The Balaban J connectivity index is 2.37. The Labute approximate surface area is 112 Å². The van der Waals surface area contributed by atoms with Gasteiger partial charge in [0.25, 0.3) is 0 Å². The lowest BCUT2D eigenvalue weighted by Crippen LogP contribution is -2.49. The zero-order chi connectivity index (χ0) is 15.3. The van der Waals surface area contributed by atoms with Crippen molar-refractivity contribution in [1.82, 2.24) is 10.6 Å². The lowest BCUT2D eigenvalue weighted by molar-refractivity contribution is -0.143. The minimum absolute atomic E-state index is 0.202. The van der Waals surface area contributed by atoms with Crippen LogP contribution in [0.2, 0.25) is 0 Å². The van der Waals surface area contributed by atoms with E-state index >= 15 is 0 Å². The zero-order valence-corrected chi connectivity index (χ0v) is 10.5. The summed E-state index contributed by atoms with van der Waals surface area (Å²) in [6.07, 6.45) is -2.03. The average Bonchev–Trinajstić information content (AvgIpc) is 2.36. The minimum Gasteiger partial charge on any atom is -0.481 e. The molecule has 0 heterocycles. The van der Waals surface area contributed by atoms with Crippen LogP contribution in [0.25, 0.3) is 0 Å². The largest absolute Gasteiger partial charge is 0.481 e. The Bertz CT molecular complexity index is 366. The number of carbonyl (C=O) groups excluding carboxylic acids is 1. The van der Waals surface area contributed by atoms with Crippen LogP contribution < -0.4 is 10.6 Å². The summed E-state index contributed by atoms with van der Waals surface area (Å²) in [4.78, 5) is 22.1. The van der Waals surface area contributed by atoms with Gasteiger partial charge in [0.2, 0.25) is 0 Å². The van der Waals surface area contributed by atoms with Crippen LogP contribution in [0.4, 0.5) is 22.4 Å². The molecule has 2 unspecified atom stereocenters. The van der Waals surface area contributed by atoms with E-state index in [1.807, 2.05) is 0 Å². The van der Waals surface area contributed by atoms with Crippen LogP contribution in [0, 0.1) is 5.92 Å². The van der Waals surface area contributed by atoms with Crippen LogP contribution in [0.15, 0.2) is 0 Å². The molecular formula is C11H16F4N2O3. The number of carboxylic acids is 1. The number of urea groups is 1. The van der Waals surface area contributed by atoms with Gasteiger partial charge in [0.1, 0.15) is 0 Å². The van der Waals surface area contributed by atoms with Crippen molar-refractivity contribution in [3.8, 4) is 0 Å². The minimum atomic E-state index is -4.28. The molecule has 5 nitrogen and oxygen atoms in total. The molecule has 1 saturated carbocycles. The van der Waals surface area contributed by atoms with Gasteiger partial charge < -0.3 is 15.7 Å². The summed E-state index contributed by atoms with van der Waals surface area (Å²) in [7, 11) is 0. The molecule has 1 rings (SSSR count). The Hall–Kier alpha value is -1.54. The number of hydrogen-bond acceptors (Lipinski definition) is 2.